The van der Waals surface area contributed by atoms with Crippen molar-refractivity contribution in [3.63, 3.8) is 0 Å². The first-order valence-electron chi connectivity index (χ1n) is 2.45. The van der Waals surface area contributed by atoms with Crippen LogP contribution in [0, 0.1) is 6.86 Å². The van der Waals surface area contributed by atoms with Gasteiger partial charge in [-0.25, -0.2) is 4.39 Å². The molecule has 0 bridgehead atoms. The average Bonchev–Trinajstić information content (AvgIpc) is 1.69. The molecule has 0 aliphatic carbocycles. The van der Waals surface area contributed by atoms with Gasteiger partial charge < -0.3 is 4.74 Å². The van der Waals surface area contributed by atoms with Crippen molar-refractivity contribution in [3.05, 3.63) is 6.86 Å². The largest absolute Gasteiger partial charge is 0.344 e. The third-order valence-corrected chi connectivity index (χ3v) is 0.679. The lowest BCUT2D eigenvalue weighted by molar-refractivity contribution is 0.129. The lowest BCUT2D eigenvalue weighted by Crippen LogP contribution is -1.85. The van der Waals surface area contributed by atoms with Crippen LogP contribution >= 0.6 is 0 Å². The molecule has 0 aromatic rings. The minimum absolute atomic E-state index is 0.232. The highest BCUT2D eigenvalue weighted by molar-refractivity contribution is 4.30. The van der Waals surface area contributed by atoms with E-state index >= 15 is 0 Å². The SMILES string of the molecule is CCCCO[CH]F. The first kappa shape index (κ1) is 6.89. The van der Waals surface area contributed by atoms with Crippen molar-refractivity contribution in [1.82, 2.24) is 0 Å². The van der Waals surface area contributed by atoms with Crippen molar-refractivity contribution in [2.24, 2.45) is 0 Å². The first-order valence-corrected chi connectivity index (χ1v) is 2.45. The quantitative estimate of drug-likeness (QED) is 0.496. The lowest BCUT2D eigenvalue weighted by atomic mass is 10.4. The zero-order valence-corrected chi connectivity index (χ0v) is 4.48. The fourth-order valence-corrected chi connectivity index (χ4v) is 0.272. The van der Waals surface area contributed by atoms with E-state index in [1.165, 1.54) is 0 Å². The summed E-state index contributed by atoms with van der Waals surface area (Å²) in [6.45, 7) is 2.77. The summed E-state index contributed by atoms with van der Waals surface area (Å²) in [5.41, 5.74) is 0. The van der Waals surface area contributed by atoms with Gasteiger partial charge in [0, 0.05) is 0 Å². The van der Waals surface area contributed by atoms with Crippen molar-refractivity contribution in [2.75, 3.05) is 6.61 Å². The van der Waals surface area contributed by atoms with Gasteiger partial charge in [0.05, 0.1) is 6.61 Å². The predicted octanol–water partition coefficient (Wildman–Crippen LogP) is 1.89. The molecule has 0 fully saturated rings. The van der Waals surface area contributed by atoms with Gasteiger partial charge in [-0.3, -0.25) is 0 Å². The minimum atomic E-state index is 0.232. The monoisotopic (exact) mass is 105 g/mol. The summed E-state index contributed by atoms with van der Waals surface area (Å²) in [6, 6.07) is 0. The second kappa shape index (κ2) is 5.89. The predicted molar refractivity (Wildman–Crippen MR) is 26.3 cm³/mol. The molecule has 1 nitrogen and oxygen atoms in total. The van der Waals surface area contributed by atoms with E-state index < -0.39 is 0 Å². The Kier molecular flexibility index (Phi) is 5.80. The van der Waals surface area contributed by atoms with Crippen LogP contribution in [0.2, 0.25) is 0 Å². The number of hydrogen-bond acceptors (Lipinski definition) is 1. The Balaban J connectivity index is 2.45. The van der Waals surface area contributed by atoms with Crippen molar-refractivity contribution >= 4 is 0 Å². The molecule has 0 N–H and O–H groups in total. The van der Waals surface area contributed by atoms with Gasteiger partial charge >= 0.3 is 0 Å². The Hall–Kier alpha value is -0.110. The van der Waals surface area contributed by atoms with Crippen molar-refractivity contribution in [1.29, 1.82) is 0 Å². The van der Waals surface area contributed by atoms with Gasteiger partial charge in [-0.1, -0.05) is 13.3 Å². The summed E-state index contributed by atoms with van der Waals surface area (Å²) in [4.78, 5) is 0. The molecule has 43 valence electrons. The topological polar surface area (TPSA) is 9.23 Å². The molecule has 1 radical (unpaired) electrons. The van der Waals surface area contributed by atoms with E-state index in [1.54, 1.807) is 0 Å². The number of rotatable bonds is 4. The molecule has 0 aliphatic rings. The molecule has 2 heteroatoms. The molecule has 0 aromatic heterocycles. The molecule has 0 spiro atoms. The summed E-state index contributed by atoms with van der Waals surface area (Å²) < 4.78 is 15.3. The molecule has 0 amide bonds. The molecule has 0 aromatic carbocycles. The van der Waals surface area contributed by atoms with E-state index in [9.17, 15) is 4.39 Å². The summed E-state index contributed by atoms with van der Waals surface area (Å²) >= 11 is 0. The molecule has 0 saturated carbocycles. The summed E-state index contributed by atoms with van der Waals surface area (Å²) in [5.74, 6) is 0. The van der Waals surface area contributed by atoms with Gasteiger partial charge in [-0.15, -0.1) is 0 Å². The minimum Gasteiger partial charge on any atom is -0.344 e. The highest BCUT2D eigenvalue weighted by Crippen LogP contribution is 1.89. The summed E-state index contributed by atoms with van der Waals surface area (Å²) in [6.07, 6.45) is 1.98. The molecule has 0 saturated heterocycles. The zero-order chi connectivity index (χ0) is 5.54. The van der Waals surface area contributed by atoms with E-state index in [4.69, 9.17) is 0 Å². The van der Waals surface area contributed by atoms with Crippen LogP contribution in [0.5, 0.6) is 0 Å². The highest BCUT2D eigenvalue weighted by atomic mass is 19.1. The fourth-order valence-electron chi connectivity index (χ4n) is 0.272. The smallest absolute Gasteiger partial charge is 0.255 e. The Labute approximate surface area is 43.5 Å². The maximum absolute atomic E-state index is 11.0. The second-order valence-corrected chi connectivity index (χ2v) is 1.31. The van der Waals surface area contributed by atoms with E-state index in [0.717, 1.165) is 12.8 Å². The van der Waals surface area contributed by atoms with E-state index in [2.05, 4.69) is 4.74 Å². The number of ether oxygens (including phenoxy) is 1. The van der Waals surface area contributed by atoms with Crippen molar-refractivity contribution in [2.45, 2.75) is 19.8 Å². The van der Waals surface area contributed by atoms with E-state index in [0.29, 0.717) is 6.61 Å². The third kappa shape index (κ3) is 5.89. The van der Waals surface area contributed by atoms with Gasteiger partial charge in [0.15, 0.2) is 0 Å². The molecular formula is C5H10FO. The van der Waals surface area contributed by atoms with Crippen LogP contribution in [0.4, 0.5) is 4.39 Å². The molecule has 0 heterocycles. The molecule has 0 atom stereocenters. The standard InChI is InChI=1S/C5H10FO/c1-2-3-4-7-5-6/h5H,2-4H2,1H3. The van der Waals surface area contributed by atoms with Gasteiger partial charge in [0.25, 0.3) is 6.86 Å². The van der Waals surface area contributed by atoms with Gasteiger partial charge in [-0.2, -0.15) is 0 Å². The Morgan fingerprint density at radius 2 is 2.43 bits per heavy atom. The van der Waals surface area contributed by atoms with Crippen LogP contribution < -0.4 is 0 Å². The summed E-state index contributed by atoms with van der Waals surface area (Å²) in [7, 11) is 0. The Morgan fingerprint density at radius 3 is 2.86 bits per heavy atom. The van der Waals surface area contributed by atoms with E-state index in [-0.39, 0.29) is 6.86 Å². The maximum atomic E-state index is 11.0. The molecular weight excluding hydrogens is 95.1 g/mol. The maximum Gasteiger partial charge on any atom is 0.255 e. The van der Waals surface area contributed by atoms with Crippen LogP contribution in [-0.2, 0) is 4.74 Å². The van der Waals surface area contributed by atoms with E-state index in [1.807, 2.05) is 6.92 Å². The Morgan fingerprint density at radius 1 is 1.71 bits per heavy atom. The average molecular weight is 105 g/mol. The van der Waals surface area contributed by atoms with Gasteiger partial charge in [-0.05, 0) is 6.42 Å². The van der Waals surface area contributed by atoms with Crippen LogP contribution in [0.15, 0.2) is 0 Å². The van der Waals surface area contributed by atoms with Crippen molar-refractivity contribution in [3.8, 4) is 0 Å². The van der Waals surface area contributed by atoms with Gasteiger partial charge in [0.1, 0.15) is 0 Å². The Bertz CT molecular complexity index is 27.3. The van der Waals surface area contributed by atoms with Crippen molar-refractivity contribution < 1.29 is 9.13 Å². The number of hydrogen-bond donors (Lipinski definition) is 0. The van der Waals surface area contributed by atoms with Crippen LogP contribution in [0.1, 0.15) is 19.8 Å². The lowest BCUT2D eigenvalue weighted by Gasteiger charge is -1.91. The first-order chi connectivity index (χ1) is 3.41. The second-order valence-electron chi connectivity index (χ2n) is 1.31. The van der Waals surface area contributed by atoms with Crippen LogP contribution in [0.25, 0.3) is 0 Å². The third-order valence-electron chi connectivity index (χ3n) is 0.679. The molecule has 7 heavy (non-hydrogen) atoms. The normalized spacial score (nSPS) is 9.43. The number of unbranched alkanes of at least 4 members (excludes halogenated alkanes) is 1. The fraction of sp³-hybridized carbons (Fsp3) is 0.800. The molecule has 0 aliphatic heterocycles. The molecule has 0 rings (SSSR count). The highest BCUT2D eigenvalue weighted by Gasteiger charge is 1.81. The zero-order valence-electron chi connectivity index (χ0n) is 4.48. The van der Waals surface area contributed by atoms with Crippen LogP contribution in [0.3, 0.4) is 0 Å². The summed E-state index contributed by atoms with van der Waals surface area (Å²) in [5, 5.41) is 0. The van der Waals surface area contributed by atoms with Gasteiger partial charge in [0.2, 0.25) is 0 Å². The molecule has 0 unspecified atom stereocenters. The van der Waals surface area contributed by atoms with Crippen LogP contribution in [-0.4, -0.2) is 6.61 Å². The number of halogens is 1.